The standard InChI is InChI=1S/C9H9F3N2O2/c1-3-16-8(15)7-4-13-14(5-7)6(2)9(10,11)12/h4-5H,2-3H2,1H3. The van der Waals surface area contributed by atoms with Crippen LogP contribution in [-0.4, -0.2) is 28.5 Å². The van der Waals surface area contributed by atoms with Crippen LogP contribution in [0.15, 0.2) is 19.0 Å². The number of nitrogens with zero attached hydrogens (tertiary/aromatic N) is 2. The Kier molecular flexibility index (Phi) is 3.36. The summed E-state index contributed by atoms with van der Waals surface area (Å²) in [5.41, 5.74) is -1.21. The second-order valence-corrected chi connectivity index (χ2v) is 2.84. The van der Waals surface area contributed by atoms with Gasteiger partial charge in [0.2, 0.25) is 0 Å². The largest absolute Gasteiger partial charge is 0.462 e. The molecule has 0 bridgehead atoms. The first-order valence-corrected chi connectivity index (χ1v) is 4.34. The summed E-state index contributed by atoms with van der Waals surface area (Å²) in [5, 5.41) is 3.38. The number of esters is 1. The van der Waals surface area contributed by atoms with Crippen LogP contribution in [0.2, 0.25) is 0 Å². The number of carbonyl (C=O) groups excluding carboxylic acids is 1. The first-order chi connectivity index (χ1) is 7.36. The van der Waals surface area contributed by atoms with Gasteiger partial charge in [-0.15, -0.1) is 0 Å². The molecule has 1 heterocycles. The van der Waals surface area contributed by atoms with Crippen LogP contribution in [0, 0.1) is 0 Å². The Morgan fingerprint density at radius 2 is 2.25 bits per heavy atom. The van der Waals surface area contributed by atoms with Crippen LogP contribution in [0.1, 0.15) is 17.3 Å². The lowest BCUT2D eigenvalue weighted by Crippen LogP contribution is -2.15. The summed E-state index contributed by atoms with van der Waals surface area (Å²) in [6.07, 6.45) is -2.67. The highest BCUT2D eigenvalue weighted by Gasteiger charge is 2.34. The molecule has 0 amide bonds. The van der Waals surface area contributed by atoms with Gasteiger partial charge in [0.25, 0.3) is 0 Å². The molecule has 0 saturated heterocycles. The monoisotopic (exact) mass is 234 g/mol. The first-order valence-electron chi connectivity index (χ1n) is 4.34. The zero-order chi connectivity index (χ0) is 12.3. The number of carbonyl (C=O) groups is 1. The second-order valence-electron chi connectivity index (χ2n) is 2.84. The van der Waals surface area contributed by atoms with E-state index in [4.69, 9.17) is 0 Å². The van der Waals surface area contributed by atoms with Crippen molar-refractivity contribution < 1.29 is 22.7 Å². The van der Waals surface area contributed by atoms with Gasteiger partial charge in [-0.2, -0.15) is 18.3 Å². The van der Waals surface area contributed by atoms with Crippen molar-refractivity contribution in [3.05, 3.63) is 24.5 Å². The molecular formula is C9H9F3N2O2. The third kappa shape index (κ3) is 2.62. The highest BCUT2D eigenvalue weighted by Crippen LogP contribution is 2.27. The summed E-state index contributed by atoms with van der Waals surface area (Å²) < 4.78 is 41.7. The Labute approximate surface area is 89.3 Å². The maximum atomic E-state index is 12.2. The topological polar surface area (TPSA) is 44.1 Å². The van der Waals surface area contributed by atoms with E-state index in [1.165, 1.54) is 0 Å². The Morgan fingerprint density at radius 3 is 2.75 bits per heavy atom. The fourth-order valence-corrected chi connectivity index (χ4v) is 0.920. The normalized spacial score (nSPS) is 11.2. The van der Waals surface area contributed by atoms with Crippen LogP contribution in [0.3, 0.4) is 0 Å². The van der Waals surface area contributed by atoms with Crippen molar-refractivity contribution in [3.8, 4) is 0 Å². The zero-order valence-corrected chi connectivity index (χ0v) is 8.41. The number of hydrogen-bond acceptors (Lipinski definition) is 3. The van der Waals surface area contributed by atoms with Crippen LogP contribution in [0.4, 0.5) is 13.2 Å². The molecule has 1 aromatic rings. The molecule has 7 heteroatoms. The maximum absolute atomic E-state index is 12.2. The highest BCUT2D eigenvalue weighted by molar-refractivity contribution is 5.89. The fourth-order valence-electron chi connectivity index (χ4n) is 0.920. The van der Waals surface area contributed by atoms with Crippen molar-refractivity contribution >= 4 is 11.7 Å². The van der Waals surface area contributed by atoms with E-state index in [1.54, 1.807) is 6.92 Å². The van der Waals surface area contributed by atoms with Crippen molar-refractivity contribution in [1.29, 1.82) is 0 Å². The van der Waals surface area contributed by atoms with Crippen LogP contribution < -0.4 is 0 Å². The molecule has 88 valence electrons. The van der Waals surface area contributed by atoms with E-state index in [9.17, 15) is 18.0 Å². The van der Waals surface area contributed by atoms with Gasteiger partial charge < -0.3 is 4.74 Å². The maximum Gasteiger partial charge on any atom is 0.432 e. The Balaban J connectivity index is 2.87. The smallest absolute Gasteiger partial charge is 0.432 e. The first kappa shape index (κ1) is 12.3. The summed E-state index contributed by atoms with van der Waals surface area (Å²) in [6, 6.07) is 0. The SMILES string of the molecule is C=C(n1cc(C(=O)OCC)cn1)C(F)(F)F. The molecule has 0 radical (unpaired) electrons. The minimum absolute atomic E-state index is 0.0488. The molecule has 0 saturated carbocycles. The van der Waals surface area contributed by atoms with Gasteiger partial charge in [-0.1, -0.05) is 6.58 Å². The van der Waals surface area contributed by atoms with Crippen molar-refractivity contribution in [2.75, 3.05) is 6.61 Å². The molecule has 0 aliphatic rings. The predicted octanol–water partition coefficient (Wildman–Crippen LogP) is 2.09. The molecule has 1 aromatic heterocycles. The third-order valence-electron chi connectivity index (χ3n) is 1.70. The number of aromatic nitrogens is 2. The van der Waals surface area contributed by atoms with E-state index in [1.807, 2.05) is 0 Å². The predicted molar refractivity (Wildman–Crippen MR) is 49.6 cm³/mol. The summed E-state index contributed by atoms with van der Waals surface area (Å²) in [5.74, 6) is -0.719. The van der Waals surface area contributed by atoms with E-state index in [0.29, 0.717) is 4.68 Å². The lowest BCUT2D eigenvalue weighted by atomic mass is 10.4. The van der Waals surface area contributed by atoms with Gasteiger partial charge in [-0.25, -0.2) is 9.48 Å². The van der Waals surface area contributed by atoms with Crippen LogP contribution in [0.25, 0.3) is 5.70 Å². The van der Waals surface area contributed by atoms with Gasteiger partial charge in [0.1, 0.15) is 5.70 Å². The lowest BCUT2D eigenvalue weighted by Gasteiger charge is -2.08. The molecule has 0 atom stereocenters. The molecule has 1 rings (SSSR count). The second kappa shape index (κ2) is 4.38. The van der Waals surface area contributed by atoms with Gasteiger partial charge in [-0.05, 0) is 6.92 Å². The third-order valence-corrected chi connectivity index (χ3v) is 1.70. The number of alkyl halides is 3. The van der Waals surface area contributed by atoms with Gasteiger partial charge in [0.05, 0.1) is 18.4 Å². The Bertz CT molecular complexity index is 409. The van der Waals surface area contributed by atoms with Crippen molar-refractivity contribution in [2.24, 2.45) is 0 Å². The number of halogens is 3. The molecule has 0 spiro atoms. The van der Waals surface area contributed by atoms with Gasteiger partial charge >= 0.3 is 12.1 Å². The van der Waals surface area contributed by atoms with Gasteiger partial charge in [0.15, 0.2) is 0 Å². The molecule has 0 aliphatic heterocycles. The van der Waals surface area contributed by atoms with E-state index in [-0.39, 0.29) is 12.2 Å². The quantitative estimate of drug-likeness (QED) is 0.752. The molecule has 0 aromatic carbocycles. The summed E-state index contributed by atoms with van der Waals surface area (Å²) in [7, 11) is 0. The molecule has 0 N–H and O–H groups in total. The number of hydrogen-bond donors (Lipinski definition) is 0. The lowest BCUT2D eigenvalue weighted by molar-refractivity contribution is -0.0741. The summed E-state index contributed by atoms with van der Waals surface area (Å²) in [6.45, 7) is 4.58. The van der Waals surface area contributed by atoms with E-state index >= 15 is 0 Å². The van der Waals surface area contributed by atoms with Crippen LogP contribution in [-0.2, 0) is 4.74 Å². The van der Waals surface area contributed by atoms with Crippen molar-refractivity contribution in [2.45, 2.75) is 13.1 Å². The summed E-state index contributed by atoms with van der Waals surface area (Å²) >= 11 is 0. The molecular weight excluding hydrogens is 225 g/mol. The molecule has 16 heavy (non-hydrogen) atoms. The fraction of sp³-hybridized carbons (Fsp3) is 0.333. The Morgan fingerprint density at radius 1 is 1.62 bits per heavy atom. The number of ether oxygens (including phenoxy) is 1. The highest BCUT2D eigenvalue weighted by atomic mass is 19.4. The van der Waals surface area contributed by atoms with E-state index < -0.39 is 17.8 Å². The average molecular weight is 234 g/mol. The summed E-state index contributed by atoms with van der Waals surface area (Å²) in [4.78, 5) is 11.1. The van der Waals surface area contributed by atoms with Gasteiger partial charge in [-0.3, -0.25) is 0 Å². The number of allylic oxidation sites excluding steroid dienone is 1. The molecule has 0 fully saturated rings. The van der Waals surface area contributed by atoms with Crippen molar-refractivity contribution in [1.82, 2.24) is 9.78 Å². The van der Waals surface area contributed by atoms with Crippen molar-refractivity contribution in [3.63, 3.8) is 0 Å². The van der Waals surface area contributed by atoms with Crippen LogP contribution >= 0.6 is 0 Å². The molecule has 0 unspecified atom stereocenters. The minimum atomic E-state index is -4.59. The van der Waals surface area contributed by atoms with Gasteiger partial charge in [0, 0.05) is 6.20 Å². The minimum Gasteiger partial charge on any atom is -0.462 e. The number of rotatable bonds is 3. The Hall–Kier alpha value is -1.79. The molecule has 0 aliphatic carbocycles. The average Bonchev–Trinajstić information content (AvgIpc) is 2.64. The zero-order valence-electron chi connectivity index (χ0n) is 8.41. The van der Waals surface area contributed by atoms with E-state index in [0.717, 1.165) is 12.4 Å². The van der Waals surface area contributed by atoms with E-state index in [2.05, 4.69) is 16.4 Å². The van der Waals surface area contributed by atoms with Crippen LogP contribution in [0.5, 0.6) is 0 Å². The molecule has 4 nitrogen and oxygen atoms in total.